The number of benzene rings is 1. The number of methoxy groups -OCH3 is 1. The summed E-state index contributed by atoms with van der Waals surface area (Å²) in [6, 6.07) is 10.8. The molecule has 1 unspecified atom stereocenters. The fourth-order valence-electron chi connectivity index (χ4n) is 3.62. The number of esters is 1. The van der Waals surface area contributed by atoms with Crippen LogP contribution in [0.25, 0.3) is 0 Å². The lowest BCUT2D eigenvalue weighted by Crippen LogP contribution is -2.33. The molecule has 0 bridgehead atoms. The highest BCUT2D eigenvalue weighted by atomic mass is 19.4. The molecular weight excluding hydrogens is 439 g/mol. The molecule has 0 radical (unpaired) electrons. The Labute approximate surface area is 188 Å². The van der Waals surface area contributed by atoms with Gasteiger partial charge < -0.3 is 24.1 Å². The second-order valence-corrected chi connectivity index (χ2v) is 7.52. The predicted octanol–water partition coefficient (Wildman–Crippen LogP) is 5.05. The zero-order valence-electron chi connectivity index (χ0n) is 18.0. The zero-order valence-corrected chi connectivity index (χ0v) is 18.0. The van der Waals surface area contributed by atoms with E-state index < -0.39 is 17.9 Å². The molecule has 1 aliphatic heterocycles. The average Bonchev–Trinajstić information content (AvgIpc) is 3.28. The maximum atomic E-state index is 12.9. The first-order chi connectivity index (χ1) is 15.8. The Bertz CT molecular complexity index is 1130. The maximum absolute atomic E-state index is 12.9. The topological polar surface area (TPSA) is 76.8 Å². The molecule has 0 aliphatic carbocycles. The lowest BCUT2D eigenvalue weighted by molar-refractivity contribution is -0.153. The van der Waals surface area contributed by atoms with Gasteiger partial charge in [0.05, 0.1) is 31.8 Å². The van der Waals surface area contributed by atoms with Gasteiger partial charge in [-0.15, -0.1) is 0 Å². The number of carbonyl (C=O) groups is 1. The summed E-state index contributed by atoms with van der Waals surface area (Å²) in [4.78, 5) is 18.0. The van der Waals surface area contributed by atoms with Gasteiger partial charge in [0, 0.05) is 12.3 Å². The summed E-state index contributed by atoms with van der Waals surface area (Å²) < 4.78 is 54.2. The van der Waals surface area contributed by atoms with E-state index in [1.54, 1.807) is 24.4 Å². The van der Waals surface area contributed by atoms with E-state index in [4.69, 9.17) is 13.9 Å². The molecule has 1 aromatic carbocycles. The molecule has 1 aliphatic rings. The highest BCUT2D eigenvalue weighted by molar-refractivity contribution is 5.89. The third-order valence-electron chi connectivity index (χ3n) is 5.29. The molecule has 4 rings (SSSR count). The number of carbonyl (C=O) groups excluding carboxylic acids is 1. The van der Waals surface area contributed by atoms with Gasteiger partial charge in [-0.2, -0.15) is 13.2 Å². The number of halogens is 3. The van der Waals surface area contributed by atoms with Crippen molar-refractivity contribution in [3.63, 3.8) is 0 Å². The Morgan fingerprint density at radius 1 is 1.21 bits per heavy atom. The number of alkyl halides is 3. The van der Waals surface area contributed by atoms with Crippen LogP contribution in [0.4, 0.5) is 24.7 Å². The molecule has 1 atom stereocenters. The van der Waals surface area contributed by atoms with E-state index in [9.17, 15) is 18.0 Å². The summed E-state index contributed by atoms with van der Waals surface area (Å²) in [7, 11) is 1.32. The van der Waals surface area contributed by atoms with Gasteiger partial charge in [-0.05, 0) is 36.8 Å². The van der Waals surface area contributed by atoms with E-state index in [2.05, 4.69) is 10.3 Å². The van der Waals surface area contributed by atoms with Crippen LogP contribution < -0.4 is 15.0 Å². The number of nitrogens with one attached hydrogen (secondary N) is 1. The summed E-state index contributed by atoms with van der Waals surface area (Å²) in [6.45, 7) is 2.91. The lowest BCUT2D eigenvalue weighted by Gasteiger charge is -2.32. The highest BCUT2D eigenvalue weighted by Gasteiger charge is 2.35. The highest BCUT2D eigenvalue weighted by Crippen LogP contribution is 2.39. The van der Waals surface area contributed by atoms with Crippen LogP contribution in [-0.2, 0) is 17.5 Å². The normalized spacial score (nSPS) is 14.3. The van der Waals surface area contributed by atoms with Crippen molar-refractivity contribution in [2.75, 3.05) is 30.5 Å². The van der Waals surface area contributed by atoms with Crippen molar-refractivity contribution < 1.29 is 31.9 Å². The van der Waals surface area contributed by atoms with Crippen LogP contribution in [0.2, 0.25) is 0 Å². The summed E-state index contributed by atoms with van der Waals surface area (Å²) in [5.41, 5.74) is 2.00. The van der Waals surface area contributed by atoms with Gasteiger partial charge in [-0.1, -0.05) is 12.1 Å². The van der Waals surface area contributed by atoms with Crippen molar-refractivity contribution in [2.45, 2.75) is 25.7 Å². The summed E-state index contributed by atoms with van der Waals surface area (Å²) >= 11 is 0. The first-order valence-electron chi connectivity index (χ1n) is 10.2. The summed E-state index contributed by atoms with van der Waals surface area (Å²) in [6.07, 6.45) is -2.93. The van der Waals surface area contributed by atoms with E-state index in [0.29, 0.717) is 36.0 Å². The molecule has 0 saturated carbocycles. The van der Waals surface area contributed by atoms with Gasteiger partial charge in [0.1, 0.15) is 23.8 Å². The van der Waals surface area contributed by atoms with E-state index in [-0.39, 0.29) is 18.3 Å². The monoisotopic (exact) mass is 461 g/mol. The number of aromatic nitrogens is 1. The number of rotatable bonds is 6. The molecule has 0 spiro atoms. The van der Waals surface area contributed by atoms with Gasteiger partial charge in [0.15, 0.2) is 5.82 Å². The van der Waals surface area contributed by atoms with Crippen molar-refractivity contribution in [2.24, 2.45) is 0 Å². The number of hydrogen-bond donors (Lipinski definition) is 1. The fraction of sp³-hybridized carbons (Fsp3) is 0.304. The largest absolute Gasteiger partial charge is 0.489 e. The van der Waals surface area contributed by atoms with Crippen LogP contribution in [0.3, 0.4) is 0 Å². The van der Waals surface area contributed by atoms with Crippen LogP contribution in [0, 0.1) is 0 Å². The molecule has 0 fully saturated rings. The van der Waals surface area contributed by atoms with Crippen LogP contribution in [0.5, 0.6) is 5.75 Å². The maximum Gasteiger partial charge on any atom is 0.449 e. The van der Waals surface area contributed by atoms with Crippen LogP contribution in [0.1, 0.15) is 40.4 Å². The van der Waals surface area contributed by atoms with E-state index in [1.165, 1.54) is 13.2 Å². The molecule has 3 aromatic rings. The summed E-state index contributed by atoms with van der Waals surface area (Å²) in [5.74, 6) is -0.148. The Balaban J connectivity index is 1.56. The number of pyridine rings is 1. The molecule has 7 nitrogen and oxygen atoms in total. The van der Waals surface area contributed by atoms with Crippen molar-refractivity contribution in [1.82, 2.24) is 4.98 Å². The molecule has 174 valence electrons. The SMILES string of the molecule is COC(=O)c1ccc(C(C)Nc2nccc3c2N(Cc2ccc(C(F)(F)F)o2)CCO3)cc1. The third kappa shape index (κ3) is 4.89. The van der Waals surface area contributed by atoms with Gasteiger partial charge in [-0.25, -0.2) is 9.78 Å². The van der Waals surface area contributed by atoms with Crippen molar-refractivity contribution in [3.8, 4) is 5.75 Å². The van der Waals surface area contributed by atoms with Crippen LogP contribution >= 0.6 is 0 Å². The Hall–Kier alpha value is -3.69. The average molecular weight is 461 g/mol. The van der Waals surface area contributed by atoms with Crippen LogP contribution in [-0.4, -0.2) is 31.2 Å². The fourth-order valence-corrected chi connectivity index (χ4v) is 3.62. The smallest absolute Gasteiger partial charge is 0.449 e. The molecule has 10 heteroatoms. The zero-order chi connectivity index (χ0) is 23.6. The molecule has 1 N–H and O–H groups in total. The number of fused-ring (bicyclic) bond motifs is 1. The van der Waals surface area contributed by atoms with Crippen molar-refractivity contribution in [1.29, 1.82) is 0 Å². The number of furan rings is 1. The molecule has 0 saturated heterocycles. The van der Waals surface area contributed by atoms with E-state index in [0.717, 1.165) is 11.6 Å². The second-order valence-electron chi connectivity index (χ2n) is 7.52. The molecule has 3 heterocycles. The second kappa shape index (κ2) is 9.05. The van der Waals surface area contributed by atoms with Gasteiger partial charge >= 0.3 is 12.1 Å². The van der Waals surface area contributed by atoms with Crippen LogP contribution in [0.15, 0.2) is 53.1 Å². The van der Waals surface area contributed by atoms with Gasteiger partial charge in [0.25, 0.3) is 0 Å². The minimum absolute atomic E-state index is 0.134. The van der Waals surface area contributed by atoms with Gasteiger partial charge in [-0.3, -0.25) is 0 Å². The Morgan fingerprint density at radius 3 is 2.64 bits per heavy atom. The van der Waals surface area contributed by atoms with Crippen molar-refractivity contribution >= 4 is 17.5 Å². The van der Waals surface area contributed by atoms with E-state index in [1.807, 2.05) is 24.0 Å². The molecule has 0 amide bonds. The van der Waals surface area contributed by atoms with Gasteiger partial charge in [0.2, 0.25) is 5.76 Å². The lowest BCUT2D eigenvalue weighted by atomic mass is 10.1. The van der Waals surface area contributed by atoms with Crippen molar-refractivity contribution in [3.05, 3.63) is 71.3 Å². The Kier molecular flexibility index (Phi) is 6.17. The third-order valence-corrected chi connectivity index (χ3v) is 5.29. The quantitative estimate of drug-likeness (QED) is 0.515. The first-order valence-corrected chi connectivity index (χ1v) is 10.2. The minimum atomic E-state index is -4.53. The number of nitrogens with zero attached hydrogens (tertiary/aromatic N) is 2. The number of hydrogen-bond acceptors (Lipinski definition) is 7. The standard InChI is InChI=1S/C23H22F3N3O4/c1-14(15-3-5-16(6-4-15)22(30)31-2)28-21-20-18(9-10-27-21)32-12-11-29(20)13-17-7-8-19(33-17)23(24,25)26/h3-10,14H,11-13H2,1-2H3,(H,27,28). The number of anilines is 2. The van der Waals surface area contributed by atoms with E-state index >= 15 is 0 Å². The molecular formula is C23H22F3N3O4. The minimum Gasteiger partial charge on any atom is -0.489 e. The number of ether oxygens (including phenoxy) is 2. The summed E-state index contributed by atoms with van der Waals surface area (Å²) in [5, 5.41) is 3.33. The molecule has 33 heavy (non-hydrogen) atoms. The first kappa shape index (κ1) is 22.5. The predicted molar refractivity (Wildman–Crippen MR) is 114 cm³/mol. The molecule has 2 aromatic heterocycles. The Morgan fingerprint density at radius 2 is 1.97 bits per heavy atom.